The maximum atomic E-state index is 15.3. The van der Waals surface area contributed by atoms with E-state index >= 15 is 8.78 Å². The van der Waals surface area contributed by atoms with Gasteiger partial charge in [-0.1, -0.05) is 77.7 Å². The molecule has 0 radical (unpaired) electrons. The summed E-state index contributed by atoms with van der Waals surface area (Å²) in [6.07, 6.45) is 20.5. The molecule has 2 heteroatoms. The van der Waals surface area contributed by atoms with Gasteiger partial charge in [0.15, 0.2) is 11.6 Å². The number of benzene rings is 1. The van der Waals surface area contributed by atoms with Crippen LogP contribution in [0.25, 0.3) is 0 Å². The second kappa shape index (κ2) is 11.5. The van der Waals surface area contributed by atoms with E-state index in [1.54, 1.807) is 0 Å². The molecule has 0 saturated heterocycles. The second-order valence-electron chi connectivity index (χ2n) is 11.5. The van der Waals surface area contributed by atoms with E-state index in [9.17, 15) is 0 Å². The third-order valence-electron chi connectivity index (χ3n) is 9.32. The topological polar surface area (TPSA) is 0 Å². The van der Waals surface area contributed by atoms with Crippen molar-refractivity contribution in [3.63, 3.8) is 0 Å². The number of aryl methyl sites for hydroxylation is 1. The highest BCUT2D eigenvalue weighted by Crippen LogP contribution is 2.49. The van der Waals surface area contributed by atoms with E-state index in [0.29, 0.717) is 17.0 Å². The SMILES string of the molecule is CCCCCCCC1CCc2cc(C3CCC4CC(CCC)CCC4C3)c(F)c(F)c2C1. The van der Waals surface area contributed by atoms with Crippen LogP contribution in [0.1, 0.15) is 133 Å². The third kappa shape index (κ3) is 5.58. The van der Waals surface area contributed by atoms with Crippen LogP contribution in [0.5, 0.6) is 0 Å². The van der Waals surface area contributed by atoms with Crippen LogP contribution in [-0.4, -0.2) is 0 Å². The normalized spacial score (nSPS) is 30.1. The summed E-state index contributed by atoms with van der Waals surface area (Å²) in [7, 11) is 0. The highest BCUT2D eigenvalue weighted by atomic mass is 19.2. The molecule has 0 heterocycles. The Kier molecular flexibility index (Phi) is 8.68. The molecule has 2 fully saturated rings. The first-order valence-electron chi connectivity index (χ1n) is 14.1. The van der Waals surface area contributed by atoms with E-state index in [0.717, 1.165) is 55.4 Å². The van der Waals surface area contributed by atoms with E-state index in [1.807, 2.05) is 0 Å². The van der Waals surface area contributed by atoms with Crippen LogP contribution in [0.15, 0.2) is 6.07 Å². The summed E-state index contributed by atoms with van der Waals surface area (Å²) in [6.45, 7) is 4.54. The van der Waals surface area contributed by atoms with Crippen molar-refractivity contribution in [2.45, 2.75) is 129 Å². The van der Waals surface area contributed by atoms with Gasteiger partial charge in [-0.25, -0.2) is 8.78 Å². The largest absolute Gasteiger partial charge is 0.203 e. The minimum absolute atomic E-state index is 0.232. The fraction of sp³-hybridized carbons (Fsp3) is 0.800. The molecule has 1 aromatic rings. The minimum atomic E-state index is -0.504. The Morgan fingerprint density at radius 3 is 2.34 bits per heavy atom. The number of hydrogen-bond acceptors (Lipinski definition) is 0. The Morgan fingerprint density at radius 2 is 1.53 bits per heavy atom. The van der Waals surface area contributed by atoms with Crippen molar-refractivity contribution in [3.8, 4) is 0 Å². The third-order valence-corrected chi connectivity index (χ3v) is 9.32. The molecule has 0 amide bonds. The van der Waals surface area contributed by atoms with Crippen molar-refractivity contribution < 1.29 is 8.78 Å². The lowest BCUT2D eigenvalue weighted by Gasteiger charge is -2.42. The Labute approximate surface area is 196 Å². The van der Waals surface area contributed by atoms with E-state index in [-0.39, 0.29) is 5.92 Å². The van der Waals surface area contributed by atoms with Gasteiger partial charge in [0.2, 0.25) is 0 Å². The molecule has 3 aliphatic carbocycles. The Morgan fingerprint density at radius 1 is 0.750 bits per heavy atom. The van der Waals surface area contributed by atoms with Gasteiger partial charge < -0.3 is 0 Å². The zero-order chi connectivity index (χ0) is 22.5. The number of unbranched alkanes of at least 4 members (excludes halogenated alkanes) is 4. The molecule has 5 unspecified atom stereocenters. The molecule has 0 spiro atoms. The van der Waals surface area contributed by atoms with Crippen LogP contribution in [0, 0.1) is 35.3 Å². The van der Waals surface area contributed by atoms with Gasteiger partial charge in [0.1, 0.15) is 0 Å². The van der Waals surface area contributed by atoms with Crippen LogP contribution >= 0.6 is 0 Å². The standard InChI is InChI=1S/C30H46F2/c1-3-5-6-7-8-10-22-12-14-26-20-28(30(32)29(31)27(26)18-22)25-16-15-23-17-21(9-4-2)11-13-24(23)19-25/h20-25H,3-19H2,1-2H3. The molecule has 0 aliphatic heterocycles. The summed E-state index contributed by atoms with van der Waals surface area (Å²) >= 11 is 0. The molecule has 3 aliphatic rings. The number of fused-ring (bicyclic) bond motifs is 2. The monoisotopic (exact) mass is 444 g/mol. The Hall–Kier alpha value is -0.920. The fourth-order valence-corrected chi connectivity index (χ4v) is 7.45. The molecule has 0 bridgehead atoms. The zero-order valence-corrected chi connectivity index (χ0v) is 20.7. The van der Waals surface area contributed by atoms with Crippen LogP contribution in [-0.2, 0) is 12.8 Å². The molecule has 4 rings (SSSR count). The number of halogens is 2. The summed E-state index contributed by atoms with van der Waals surface area (Å²) in [5, 5.41) is 0. The maximum Gasteiger partial charge on any atom is 0.162 e. The van der Waals surface area contributed by atoms with Crippen molar-refractivity contribution in [1.82, 2.24) is 0 Å². The van der Waals surface area contributed by atoms with Crippen LogP contribution < -0.4 is 0 Å². The number of rotatable bonds is 9. The molecule has 0 aromatic heterocycles. The Balaban J connectivity index is 1.38. The van der Waals surface area contributed by atoms with E-state index in [2.05, 4.69) is 19.9 Å². The molecular formula is C30H46F2. The summed E-state index contributed by atoms with van der Waals surface area (Å²) in [5.74, 6) is 2.25. The van der Waals surface area contributed by atoms with Crippen molar-refractivity contribution in [2.24, 2.45) is 23.7 Å². The van der Waals surface area contributed by atoms with Crippen molar-refractivity contribution in [1.29, 1.82) is 0 Å². The van der Waals surface area contributed by atoms with Crippen LogP contribution in [0.4, 0.5) is 8.78 Å². The first kappa shape index (κ1) is 24.2. The van der Waals surface area contributed by atoms with Gasteiger partial charge in [0, 0.05) is 0 Å². The van der Waals surface area contributed by atoms with Crippen molar-refractivity contribution in [2.75, 3.05) is 0 Å². The molecular weight excluding hydrogens is 398 g/mol. The summed E-state index contributed by atoms with van der Waals surface area (Å²) in [4.78, 5) is 0. The predicted molar refractivity (Wildman–Crippen MR) is 131 cm³/mol. The van der Waals surface area contributed by atoms with Gasteiger partial charge in [-0.3, -0.25) is 0 Å². The van der Waals surface area contributed by atoms with Gasteiger partial charge >= 0.3 is 0 Å². The lowest BCUT2D eigenvalue weighted by atomic mass is 9.63. The second-order valence-corrected chi connectivity index (χ2v) is 11.5. The molecule has 0 N–H and O–H groups in total. The van der Waals surface area contributed by atoms with Crippen molar-refractivity contribution in [3.05, 3.63) is 34.4 Å². The van der Waals surface area contributed by atoms with Crippen LogP contribution in [0.2, 0.25) is 0 Å². The zero-order valence-electron chi connectivity index (χ0n) is 20.7. The van der Waals surface area contributed by atoms with Gasteiger partial charge in [0.25, 0.3) is 0 Å². The minimum Gasteiger partial charge on any atom is -0.203 e. The van der Waals surface area contributed by atoms with Gasteiger partial charge in [-0.15, -0.1) is 0 Å². The molecule has 180 valence electrons. The Bertz CT molecular complexity index is 739. The molecule has 0 nitrogen and oxygen atoms in total. The first-order chi connectivity index (χ1) is 15.6. The van der Waals surface area contributed by atoms with E-state index in [1.165, 1.54) is 77.0 Å². The average molecular weight is 445 g/mol. The highest BCUT2D eigenvalue weighted by Gasteiger charge is 2.37. The summed E-state index contributed by atoms with van der Waals surface area (Å²) in [5.41, 5.74) is 2.55. The molecule has 2 saturated carbocycles. The molecule has 32 heavy (non-hydrogen) atoms. The highest BCUT2D eigenvalue weighted by molar-refractivity contribution is 5.38. The lowest BCUT2D eigenvalue weighted by molar-refractivity contribution is 0.113. The molecule has 1 aromatic carbocycles. The maximum absolute atomic E-state index is 15.3. The van der Waals surface area contributed by atoms with Gasteiger partial charge in [0.05, 0.1) is 0 Å². The van der Waals surface area contributed by atoms with Crippen LogP contribution in [0.3, 0.4) is 0 Å². The summed E-state index contributed by atoms with van der Waals surface area (Å²) < 4.78 is 30.6. The average Bonchev–Trinajstić information content (AvgIpc) is 2.81. The van der Waals surface area contributed by atoms with Gasteiger partial charge in [-0.05, 0) is 97.6 Å². The summed E-state index contributed by atoms with van der Waals surface area (Å²) in [6, 6.07) is 2.10. The lowest BCUT2D eigenvalue weighted by Crippen LogP contribution is -2.31. The number of hydrogen-bond donors (Lipinski definition) is 0. The van der Waals surface area contributed by atoms with E-state index < -0.39 is 11.6 Å². The smallest absolute Gasteiger partial charge is 0.162 e. The van der Waals surface area contributed by atoms with E-state index in [4.69, 9.17) is 0 Å². The quantitative estimate of drug-likeness (QED) is 0.333. The van der Waals surface area contributed by atoms with Gasteiger partial charge in [-0.2, -0.15) is 0 Å². The predicted octanol–water partition coefficient (Wildman–Crippen LogP) is 9.53. The fourth-order valence-electron chi connectivity index (χ4n) is 7.45. The van der Waals surface area contributed by atoms with Crippen molar-refractivity contribution >= 4 is 0 Å². The first-order valence-corrected chi connectivity index (χ1v) is 14.1. The molecule has 5 atom stereocenters.